The summed E-state index contributed by atoms with van der Waals surface area (Å²) < 4.78 is 1.92. The lowest BCUT2D eigenvalue weighted by atomic mass is 10.1. The molecule has 0 amide bonds. The minimum absolute atomic E-state index is 0.379. The molecule has 0 atom stereocenters. The van der Waals surface area contributed by atoms with Crippen LogP contribution >= 0.6 is 0 Å². The number of nitrogens with zero attached hydrogens (tertiary/aromatic N) is 2. The molecule has 0 unspecified atom stereocenters. The van der Waals surface area contributed by atoms with Crippen molar-refractivity contribution in [1.82, 2.24) is 9.78 Å². The van der Waals surface area contributed by atoms with Crippen LogP contribution in [0.2, 0.25) is 0 Å². The van der Waals surface area contributed by atoms with Crippen LogP contribution in [0.5, 0.6) is 5.75 Å². The van der Waals surface area contributed by atoms with Gasteiger partial charge in [0.2, 0.25) is 0 Å². The molecule has 0 saturated carbocycles. The third-order valence-electron chi connectivity index (χ3n) is 3.46. The van der Waals surface area contributed by atoms with Gasteiger partial charge < -0.3 is 5.11 Å². The molecule has 0 bridgehead atoms. The van der Waals surface area contributed by atoms with Gasteiger partial charge in [-0.1, -0.05) is 45.4 Å². The normalized spacial score (nSPS) is 11.2. The van der Waals surface area contributed by atoms with E-state index in [1.54, 1.807) is 0 Å². The van der Waals surface area contributed by atoms with Crippen LogP contribution in [0.3, 0.4) is 0 Å². The van der Waals surface area contributed by atoms with Crippen LogP contribution in [-0.4, -0.2) is 14.9 Å². The Balaban J connectivity index is 2.54. The molecule has 3 nitrogen and oxygen atoms in total. The Bertz CT molecular complexity index is 585. The zero-order valence-electron chi connectivity index (χ0n) is 12.8. The van der Waals surface area contributed by atoms with Crippen LogP contribution in [0.4, 0.5) is 0 Å². The summed E-state index contributed by atoms with van der Waals surface area (Å²) in [7, 11) is 0. The van der Waals surface area contributed by atoms with E-state index in [0.717, 1.165) is 36.3 Å². The third kappa shape index (κ3) is 2.87. The molecular formula is C17H24N2O. The maximum absolute atomic E-state index is 10.5. The monoisotopic (exact) mass is 272 g/mol. The molecule has 0 spiro atoms. The van der Waals surface area contributed by atoms with E-state index in [1.807, 2.05) is 16.8 Å². The standard InChI is InChI=1S/C17H24N2O/c1-5-8-16-17(20)14(11-12(2)3)18-19(16)15-10-7-6-9-13(15)4/h6-7,9-10,12,20H,5,8,11H2,1-4H3. The second kappa shape index (κ2) is 6.12. The SMILES string of the molecule is CCCc1c(O)c(CC(C)C)nn1-c1ccccc1C. The molecule has 0 radical (unpaired) electrons. The molecule has 3 heteroatoms. The van der Waals surface area contributed by atoms with Gasteiger partial charge >= 0.3 is 0 Å². The van der Waals surface area contributed by atoms with Gasteiger partial charge in [-0.05, 0) is 37.3 Å². The molecule has 0 aliphatic rings. The number of benzene rings is 1. The fourth-order valence-electron chi connectivity index (χ4n) is 2.48. The highest BCUT2D eigenvalue weighted by atomic mass is 16.3. The van der Waals surface area contributed by atoms with Crippen molar-refractivity contribution in [2.24, 2.45) is 5.92 Å². The van der Waals surface area contributed by atoms with Crippen molar-refractivity contribution in [3.8, 4) is 11.4 Å². The van der Waals surface area contributed by atoms with Crippen LogP contribution in [-0.2, 0) is 12.8 Å². The Kier molecular flexibility index (Phi) is 4.48. The molecule has 0 fully saturated rings. The number of aromatic nitrogens is 2. The van der Waals surface area contributed by atoms with Gasteiger partial charge in [0.15, 0.2) is 5.75 Å². The second-order valence-electron chi connectivity index (χ2n) is 5.79. The largest absolute Gasteiger partial charge is 0.504 e. The van der Waals surface area contributed by atoms with E-state index in [2.05, 4.69) is 44.9 Å². The lowest BCUT2D eigenvalue weighted by Gasteiger charge is -2.09. The van der Waals surface area contributed by atoms with E-state index in [9.17, 15) is 5.11 Å². The highest BCUT2D eigenvalue weighted by Gasteiger charge is 2.19. The first kappa shape index (κ1) is 14.6. The molecule has 0 aliphatic heterocycles. The van der Waals surface area contributed by atoms with Gasteiger partial charge in [0.1, 0.15) is 5.69 Å². The van der Waals surface area contributed by atoms with Crippen molar-refractivity contribution in [2.45, 2.75) is 47.0 Å². The summed E-state index contributed by atoms with van der Waals surface area (Å²) in [6.45, 7) is 8.49. The molecule has 108 valence electrons. The highest BCUT2D eigenvalue weighted by Crippen LogP contribution is 2.29. The molecule has 1 N–H and O–H groups in total. The third-order valence-corrected chi connectivity index (χ3v) is 3.46. The van der Waals surface area contributed by atoms with Gasteiger partial charge in [0.25, 0.3) is 0 Å². The zero-order chi connectivity index (χ0) is 14.7. The maximum atomic E-state index is 10.5. The molecular weight excluding hydrogens is 248 g/mol. The van der Waals surface area contributed by atoms with E-state index in [-0.39, 0.29) is 0 Å². The first-order chi connectivity index (χ1) is 9.54. The van der Waals surface area contributed by atoms with Crippen molar-refractivity contribution in [3.05, 3.63) is 41.2 Å². The predicted octanol–water partition coefficient (Wildman–Crippen LogP) is 4.04. The summed E-state index contributed by atoms with van der Waals surface area (Å²) >= 11 is 0. The molecule has 2 aromatic rings. The lowest BCUT2D eigenvalue weighted by molar-refractivity contribution is 0.455. The van der Waals surface area contributed by atoms with Crippen LogP contribution in [0.15, 0.2) is 24.3 Å². The van der Waals surface area contributed by atoms with Crippen LogP contribution in [0.25, 0.3) is 5.69 Å². The average molecular weight is 272 g/mol. The first-order valence-corrected chi connectivity index (χ1v) is 7.40. The summed E-state index contributed by atoms with van der Waals surface area (Å²) in [6, 6.07) is 8.17. The van der Waals surface area contributed by atoms with Crippen LogP contribution < -0.4 is 0 Å². The van der Waals surface area contributed by atoms with Gasteiger partial charge in [-0.25, -0.2) is 4.68 Å². The van der Waals surface area contributed by atoms with Crippen molar-refractivity contribution in [1.29, 1.82) is 0 Å². The Morgan fingerprint density at radius 3 is 2.55 bits per heavy atom. The summed E-state index contributed by atoms with van der Waals surface area (Å²) in [4.78, 5) is 0. The van der Waals surface area contributed by atoms with Gasteiger partial charge in [-0.2, -0.15) is 5.10 Å². The first-order valence-electron chi connectivity index (χ1n) is 7.40. The van der Waals surface area contributed by atoms with Crippen molar-refractivity contribution in [2.75, 3.05) is 0 Å². The zero-order valence-corrected chi connectivity index (χ0v) is 12.8. The van der Waals surface area contributed by atoms with Crippen molar-refractivity contribution >= 4 is 0 Å². The lowest BCUT2D eigenvalue weighted by Crippen LogP contribution is -2.04. The van der Waals surface area contributed by atoms with Crippen molar-refractivity contribution < 1.29 is 5.11 Å². The quantitative estimate of drug-likeness (QED) is 0.892. The molecule has 0 saturated heterocycles. The van der Waals surface area contributed by atoms with E-state index >= 15 is 0 Å². The number of aryl methyl sites for hydroxylation is 1. The topological polar surface area (TPSA) is 38.1 Å². The number of para-hydroxylation sites is 1. The van der Waals surface area contributed by atoms with E-state index < -0.39 is 0 Å². The number of hydrogen-bond donors (Lipinski definition) is 1. The fourth-order valence-corrected chi connectivity index (χ4v) is 2.48. The molecule has 0 aliphatic carbocycles. The number of hydrogen-bond acceptors (Lipinski definition) is 2. The average Bonchev–Trinajstić information content (AvgIpc) is 2.68. The Morgan fingerprint density at radius 2 is 1.95 bits per heavy atom. The van der Waals surface area contributed by atoms with Gasteiger partial charge in [-0.3, -0.25) is 0 Å². The summed E-state index contributed by atoms with van der Waals surface area (Å²) in [5.41, 5.74) is 3.97. The maximum Gasteiger partial charge on any atom is 0.160 e. The summed E-state index contributed by atoms with van der Waals surface area (Å²) in [5, 5.41) is 15.1. The van der Waals surface area contributed by atoms with Crippen molar-refractivity contribution in [3.63, 3.8) is 0 Å². The van der Waals surface area contributed by atoms with E-state index in [0.29, 0.717) is 11.7 Å². The smallest absolute Gasteiger partial charge is 0.160 e. The van der Waals surface area contributed by atoms with E-state index in [1.165, 1.54) is 5.56 Å². The highest BCUT2D eigenvalue weighted by molar-refractivity contribution is 5.45. The summed E-state index contributed by atoms with van der Waals surface area (Å²) in [5.74, 6) is 0.861. The second-order valence-corrected chi connectivity index (χ2v) is 5.79. The Labute approximate surface area is 121 Å². The molecule has 20 heavy (non-hydrogen) atoms. The number of aromatic hydroxyl groups is 1. The Hall–Kier alpha value is -1.77. The van der Waals surface area contributed by atoms with E-state index in [4.69, 9.17) is 0 Å². The molecule has 1 aromatic heterocycles. The Morgan fingerprint density at radius 1 is 1.25 bits per heavy atom. The minimum Gasteiger partial charge on any atom is -0.504 e. The van der Waals surface area contributed by atoms with Gasteiger partial charge in [0, 0.05) is 0 Å². The summed E-state index contributed by atoms with van der Waals surface area (Å²) in [6.07, 6.45) is 2.64. The number of rotatable bonds is 5. The predicted molar refractivity (Wildman–Crippen MR) is 82.5 cm³/mol. The molecule has 1 heterocycles. The molecule has 1 aromatic carbocycles. The van der Waals surface area contributed by atoms with Gasteiger partial charge in [-0.15, -0.1) is 0 Å². The van der Waals surface area contributed by atoms with Crippen LogP contribution in [0, 0.1) is 12.8 Å². The fraction of sp³-hybridized carbons (Fsp3) is 0.471. The minimum atomic E-state index is 0.379. The molecule has 2 rings (SSSR count). The van der Waals surface area contributed by atoms with Gasteiger partial charge in [0.05, 0.1) is 11.4 Å². The van der Waals surface area contributed by atoms with Crippen LogP contribution in [0.1, 0.15) is 44.1 Å².